The number of nitrogens with zero attached hydrogens (tertiary/aromatic N) is 1. The Bertz CT molecular complexity index is 416. The zero-order valence-electron chi connectivity index (χ0n) is 9.54. The van der Waals surface area contributed by atoms with Crippen molar-refractivity contribution in [3.63, 3.8) is 0 Å². The topological polar surface area (TPSA) is 89.9 Å². The highest BCUT2D eigenvalue weighted by atomic mass is 16.4. The van der Waals surface area contributed by atoms with E-state index < -0.39 is 18.0 Å². The van der Waals surface area contributed by atoms with Gasteiger partial charge in [0.05, 0.1) is 0 Å². The fourth-order valence-electron chi connectivity index (χ4n) is 1.14. The summed E-state index contributed by atoms with van der Waals surface area (Å²) in [6, 6.07) is 4.52. The average Bonchev–Trinajstić information content (AvgIpc) is 2.28. The zero-order valence-corrected chi connectivity index (χ0v) is 9.54. The van der Waals surface area contributed by atoms with Gasteiger partial charge in [0.1, 0.15) is 11.8 Å². The van der Waals surface area contributed by atoms with Gasteiger partial charge >= 0.3 is 12.0 Å². The maximum absolute atomic E-state index is 11.6. The molecular formula is C11H14N2O4. The highest BCUT2D eigenvalue weighted by Crippen LogP contribution is 2.17. The van der Waals surface area contributed by atoms with Crippen LogP contribution in [0.15, 0.2) is 24.3 Å². The Morgan fingerprint density at radius 1 is 1.29 bits per heavy atom. The SMILES string of the molecule is C[C@@H](NC(=O)N(C)c1ccc(O)cc1)C(=O)O. The summed E-state index contributed by atoms with van der Waals surface area (Å²) in [4.78, 5) is 23.5. The summed E-state index contributed by atoms with van der Waals surface area (Å²) in [7, 11) is 1.51. The molecule has 1 aromatic carbocycles. The van der Waals surface area contributed by atoms with Gasteiger partial charge in [-0.1, -0.05) is 0 Å². The fourth-order valence-corrected chi connectivity index (χ4v) is 1.14. The number of anilines is 1. The van der Waals surface area contributed by atoms with Gasteiger partial charge in [-0.05, 0) is 31.2 Å². The largest absolute Gasteiger partial charge is 0.508 e. The molecule has 1 atom stereocenters. The van der Waals surface area contributed by atoms with Crippen molar-refractivity contribution in [1.82, 2.24) is 5.32 Å². The zero-order chi connectivity index (χ0) is 13.0. The lowest BCUT2D eigenvalue weighted by molar-refractivity contribution is -0.138. The first-order chi connectivity index (χ1) is 7.91. The number of urea groups is 1. The maximum atomic E-state index is 11.6. The van der Waals surface area contributed by atoms with Gasteiger partial charge in [-0.25, -0.2) is 4.79 Å². The van der Waals surface area contributed by atoms with E-state index in [-0.39, 0.29) is 5.75 Å². The lowest BCUT2D eigenvalue weighted by atomic mass is 10.3. The second kappa shape index (κ2) is 5.20. The number of phenols is 1. The maximum Gasteiger partial charge on any atom is 0.325 e. The second-order valence-corrected chi connectivity index (χ2v) is 3.58. The summed E-state index contributed by atoms with van der Waals surface area (Å²) in [6.07, 6.45) is 0. The lowest BCUT2D eigenvalue weighted by Crippen LogP contribution is -2.45. The van der Waals surface area contributed by atoms with Crippen LogP contribution in [0.3, 0.4) is 0 Å². The van der Waals surface area contributed by atoms with Crippen LogP contribution in [0.25, 0.3) is 0 Å². The summed E-state index contributed by atoms with van der Waals surface area (Å²) >= 11 is 0. The van der Waals surface area contributed by atoms with Gasteiger partial charge in [0.25, 0.3) is 0 Å². The molecular weight excluding hydrogens is 224 g/mol. The number of carbonyl (C=O) groups is 2. The number of hydrogen-bond donors (Lipinski definition) is 3. The number of carboxylic acids is 1. The fraction of sp³-hybridized carbons (Fsp3) is 0.273. The summed E-state index contributed by atoms with van der Waals surface area (Å²) in [5.74, 6) is -1.00. The third-order valence-corrected chi connectivity index (χ3v) is 2.25. The first-order valence-electron chi connectivity index (χ1n) is 4.98. The van der Waals surface area contributed by atoms with Crippen molar-refractivity contribution < 1.29 is 19.8 Å². The van der Waals surface area contributed by atoms with Crippen molar-refractivity contribution in [2.45, 2.75) is 13.0 Å². The molecule has 0 fully saturated rings. The quantitative estimate of drug-likeness (QED) is 0.733. The van der Waals surface area contributed by atoms with Gasteiger partial charge in [0.2, 0.25) is 0 Å². The minimum absolute atomic E-state index is 0.0986. The first-order valence-corrected chi connectivity index (χ1v) is 4.98. The van der Waals surface area contributed by atoms with Crippen LogP contribution in [-0.2, 0) is 4.79 Å². The number of aliphatic carboxylic acids is 1. The Balaban J connectivity index is 2.70. The van der Waals surface area contributed by atoms with Crippen molar-refractivity contribution in [2.24, 2.45) is 0 Å². The van der Waals surface area contributed by atoms with Crippen molar-refractivity contribution in [3.05, 3.63) is 24.3 Å². The van der Waals surface area contributed by atoms with Crippen LogP contribution in [0.4, 0.5) is 10.5 Å². The molecule has 92 valence electrons. The van der Waals surface area contributed by atoms with Crippen molar-refractivity contribution >= 4 is 17.7 Å². The summed E-state index contributed by atoms with van der Waals surface area (Å²) < 4.78 is 0. The highest BCUT2D eigenvalue weighted by molar-refractivity contribution is 5.93. The smallest absolute Gasteiger partial charge is 0.325 e. The van der Waals surface area contributed by atoms with E-state index in [2.05, 4.69) is 5.32 Å². The standard InChI is InChI=1S/C11H14N2O4/c1-7(10(15)16)12-11(17)13(2)8-3-5-9(14)6-4-8/h3-7,14H,1-2H3,(H,12,17)(H,15,16)/t7-/m1/s1. The molecule has 17 heavy (non-hydrogen) atoms. The lowest BCUT2D eigenvalue weighted by Gasteiger charge is -2.19. The molecule has 2 amide bonds. The Kier molecular flexibility index (Phi) is 3.92. The second-order valence-electron chi connectivity index (χ2n) is 3.58. The number of rotatable bonds is 3. The first kappa shape index (κ1) is 12.8. The van der Waals surface area contributed by atoms with Crippen LogP contribution in [0.1, 0.15) is 6.92 Å². The number of hydrogen-bond acceptors (Lipinski definition) is 3. The highest BCUT2D eigenvalue weighted by Gasteiger charge is 2.17. The summed E-state index contributed by atoms with van der Waals surface area (Å²) in [5, 5.41) is 20.1. The molecule has 0 saturated carbocycles. The average molecular weight is 238 g/mol. The van der Waals surface area contributed by atoms with Gasteiger partial charge < -0.3 is 15.5 Å². The molecule has 0 aliphatic rings. The molecule has 3 N–H and O–H groups in total. The Morgan fingerprint density at radius 2 is 1.82 bits per heavy atom. The number of phenolic OH excluding ortho intramolecular Hbond substituents is 1. The van der Waals surface area contributed by atoms with Crippen LogP contribution in [0.2, 0.25) is 0 Å². The van der Waals surface area contributed by atoms with Gasteiger partial charge in [0, 0.05) is 12.7 Å². The van der Waals surface area contributed by atoms with E-state index >= 15 is 0 Å². The Morgan fingerprint density at radius 3 is 2.29 bits per heavy atom. The molecule has 0 spiro atoms. The monoisotopic (exact) mass is 238 g/mol. The van der Waals surface area contributed by atoms with Crippen molar-refractivity contribution in [2.75, 3.05) is 11.9 Å². The predicted molar refractivity (Wildman–Crippen MR) is 62.1 cm³/mol. The molecule has 6 heteroatoms. The number of amides is 2. The van der Waals surface area contributed by atoms with Gasteiger partial charge in [-0.15, -0.1) is 0 Å². The van der Waals surface area contributed by atoms with Crippen molar-refractivity contribution in [3.8, 4) is 5.75 Å². The number of benzene rings is 1. The summed E-state index contributed by atoms with van der Waals surface area (Å²) in [6.45, 7) is 1.38. The third-order valence-electron chi connectivity index (χ3n) is 2.25. The van der Waals surface area contributed by atoms with Gasteiger partial charge in [-0.3, -0.25) is 9.69 Å². The molecule has 0 radical (unpaired) electrons. The van der Waals surface area contributed by atoms with E-state index in [0.717, 1.165) is 0 Å². The van der Waals surface area contributed by atoms with Crippen LogP contribution in [0, 0.1) is 0 Å². The number of aromatic hydroxyl groups is 1. The van der Waals surface area contributed by atoms with Crippen LogP contribution < -0.4 is 10.2 Å². The Labute approximate surface area is 98.5 Å². The molecule has 0 heterocycles. The van der Waals surface area contributed by atoms with Crippen LogP contribution in [-0.4, -0.2) is 35.3 Å². The summed E-state index contributed by atoms with van der Waals surface area (Å²) in [5.41, 5.74) is 0.554. The minimum atomic E-state index is -1.10. The molecule has 6 nitrogen and oxygen atoms in total. The number of carbonyl (C=O) groups excluding carboxylic acids is 1. The van der Waals surface area contributed by atoms with E-state index in [1.54, 1.807) is 12.1 Å². The molecule has 0 aliphatic heterocycles. The van der Waals surface area contributed by atoms with E-state index in [9.17, 15) is 9.59 Å². The van der Waals surface area contributed by atoms with E-state index in [4.69, 9.17) is 10.2 Å². The van der Waals surface area contributed by atoms with Crippen LogP contribution in [0.5, 0.6) is 5.75 Å². The minimum Gasteiger partial charge on any atom is -0.508 e. The van der Waals surface area contributed by atoms with Gasteiger partial charge in [-0.2, -0.15) is 0 Å². The number of carboxylic acid groups (broad SMARTS) is 1. The Hall–Kier alpha value is -2.24. The molecule has 0 aliphatic carbocycles. The predicted octanol–water partition coefficient (Wildman–Crippen LogP) is 1.01. The molecule has 0 bridgehead atoms. The van der Waals surface area contributed by atoms with E-state index in [1.165, 1.54) is 31.0 Å². The van der Waals surface area contributed by atoms with E-state index in [1.807, 2.05) is 0 Å². The molecule has 1 rings (SSSR count). The third kappa shape index (κ3) is 3.37. The van der Waals surface area contributed by atoms with E-state index in [0.29, 0.717) is 5.69 Å². The molecule has 0 aromatic heterocycles. The van der Waals surface area contributed by atoms with Crippen molar-refractivity contribution in [1.29, 1.82) is 0 Å². The van der Waals surface area contributed by atoms with Gasteiger partial charge in [0.15, 0.2) is 0 Å². The molecule has 1 aromatic rings. The number of nitrogens with one attached hydrogen (secondary N) is 1. The molecule has 0 unspecified atom stereocenters. The molecule has 0 saturated heterocycles. The van der Waals surface area contributed by atoms with Crippen LogP contribution >= 0.6 is 0 Å². The normalized spacial score (nSPS) is 11.6.